The Morgan fingerprint density at radius 3 is 2.79 bits per heavy atom. The predicted molar refractivity (Wildman–Crippen MR) is 126 cm³/mol. The van der Waals surface area contributed by atoms with Crippen LogP contribution in [0.5, 0.6) is 5.75 Å². The quantitative estimate of drug-likeness (QED) is 0.548. The van der Waals surface area contributed by atoms with E-state index in [1.54, 1.807) is 12.1 Å². The second kappa shape index (κ2) is 11.0. The molecule has 1 heterocycles. The van der Waals surface area contributed by atoms with Crippen LogP contribution in [0.2, 0.25) is 0 Å². The molecule has 34 heavy (non-hydrogen) atoms. The molecule has 0 bridgehead atoms. The lowest BCUT2D eigenvalue weighted by molar-refractivity contribution is -0.144. The first-order chi connectivity index (χ1) is 16.5. The summed E-state index contributed by atoms with van der Waals surface area (Å²) in [6.45, 7) is 4.05. The molecule has 2 unspecified atom stereocenters. The van der Waals surface area contributed by atoms with E-state index in [2.05, 4.69) is 12.1 Å². The van der Waals surface area contributed by atoms with Crippen LogP contribution >= 0.6 is 0 Å². The fourth-order valence-electron chi connectivity index (χ4n) is 4.18. The maximum Gasteiger partial charge on any atom is 0.341 e. The van der Waals surface area contributed by atoms with Crippen LogP contribution in [0.15, 0.2) is 84.6 Å². The van der Waals surface area contributed by atoms with E-state index in [9.17, 15) is 9.59 Å². The van der Waals surface area contributed by atoms with Crippen molar-refractivity contribution >= 4 is 11.8 Å². The van der Waals surface area contributed by atoms with Crippen LogP contribution in [0.1, 0.15) is 29.2 Å². The van der Waals surface area contributed by atoms with Gasteiger partial charge in [0, 0.05) is 0 Å². The van der Waals surface area contributed by atoms with Crippen LogP contribution < -0.4 is 10.2 Å². The van der Waals surface area contributed by atoms with Gasteiger partial charge in [-0.2, -0.15) is 0 Å². The minimum Gasteiger partial charge on any atom is -0.482 e. The Morgan fingerprint density at radius 2 is 2.03 bits per heavy atom. The van der Waals surface area contributed by atoms with Crippen molar-refractivity contribution in [2.75, 3.05) is 13.2 Å². The number of hydrogen-bond acceptors (Lipinski definition) is 6. The summed E-state index contributed by atoms with van der Waals surface area (Å²) in [5.74, 6) is -0.520. The fourth-order valence-corrected chi connectivity index (χ4v) is 4.18. The molecule has 0 saturated heterocycles. The molecule has 0 radical (unpaired) electrons. The molecule has 0 aromatic heterocycles. The summed E-state index contributed by atoms with van der Waals surface area (Å²) in [5, 5.41) is 8.89. The molecule has 0 amide bonds. The number of carboxylic acid groups (broad SMARTS) is 1. The zero-order chi connectivity index (χ0) is 23.9. The zero-order valence-corrected chi connectivity index (χ0v) is 18.7. The second-order valence-corrected chi connectivity index (χ2v) is 8.19. The van der Waals surface area contributed by atoms with E-state index in [-0.39, 0.29) is 12.4 Å². The van der Waals surface area contributed by atoms with Gasteiger partial charge >= 0.3 is 5.97 Å². The minimum atomic E-state index is -0.999. The molecule has 2 aromatic rings. The highest BCUT2D eigenvalue weighted by atomic mass is 16.7. The van der Waals surface area contributed by atoms with Gasteiger partial charge in [-0.05, 0) is 54.2 Å². The smallest absolute Gasteiger partial charge is 0.341 e. The van der Waals surface area contributed by atoms with Gasteiger partial charge in [-0.1, -0.05) is 60.7 Å². The molecule has 1 aliphatic carbocycles. The van der Waals surface area contributed by atoms with Gasteiger partial charge in [0.25, 0.3) is 0 Å². The number of rotatable bonds is 9. The second-order valence-electron chi connectivity index (χ2n) is 8.19. The number of nitrogens with one attached hydrogen (secondary N) is 1. The summed E-state index contributed by atoms with van der Waals surface area (Å²) in [6, 6.07) is 15.2. The van der Waals surface area contributed by atoms with E-state index in [0.717, 1.165) is 35.1 Å². The highest BCUT2D eigenvalue weighted by Gasteiger charge is 2.32. The van der Waals surface area contributed by atoms with Crippen LogP contribution in [-0.2, 0) is 32.0 Å². The van der Waals surface area contributed by atoms with Crippen LogP contribution in [0, 0.1) is 0 Å². The van der Waals surface area contributed by atoms with Gasteiger partial charge in [0.15, 0.2) is 18.5 Å². The van der Waals surface area contributed by atoms with Crippen molar-refractivity contribution in [2.45, 2.75) is 31.5 Å². The lowest BCUT2D eigenvalue weighted by atomic mass is 9.87. The van der Waals surface area contributed by atoms with Crippen molar-refractivity contribution < 1.29 is 29.0 Å². The third-order valence-electron chi connectivity index (χ3n) is 5.73. The van der Waals surface area contributed by atoms with Crippen LogP contribution in [0.25, 0.3) is 0 Å². The van der Waals surface area contributed by atoms with Crippen molar-refractivity contribution in [1.82, 2.24) is 5.48 Å². The van der Waals surface area contributed by atoms with Gasteiger partial charge < -0.3 is 14.6 Å². The van der Waals surface area contributed by atoms with E-state index in [1.807, 2.05) is 48.5 Å². The first-order valence-corrected chi connectivity index (χ1v) is 11.1. The van der Waals surface area contributed by atoms with E-state index < -0.39 is 18.2 Å². The number of carboxylic acids is 1. The third-order valence-corrected chi connectivity index (χ3v) is 5.73. The highest BCUT2D eigenvalue weighted by Crippen LogP contribution is 2.32. The summed E-state index contributed by atoms with van der Waals surface area (Å²) >= 11 is 0. The van der Waals surface area contributed by atoms with E-state index >= 15 is 0 Å². The summed E-state index contributed by atoms with van der Waals surface area (Å²) in [6.07, 6.45) is 6.03. The van der Waals surface area contributed by atoms with Crippen molar-refractivity contribution in [3.05, 3.63) is 101 Å². The normalized spacial score (nSPS) is 19.4. The van der Waals surface area contributed by atoms with Gasteiger partial charge in [0.05, 0.1) is 12.3 Å². The van der Waals surface area contributed by atoms with Crippen LogP contribution in [0.4, 0.5) is 0 Å². The Hall–Kier alpha value is -3.68. The molecular weight excluding hydrogens is 434 g/mol. The largest absolute Gasteiger partial charge is 0.482 e. The molecule has 2 aromatic carbocycles. The van der Waals surface area contributed by atoms with Gasteiger partial charge in [0.2, 0.25) is 0 Å². The van der Waals surface area contributed by atoms with Gasteiger partial charge in [-0.15, -0.1) is 0 Å². The molecule has 176 valence electrons. The molecule has 4 rings (SSSR count). The van der Waals surface area contributed by atoms with E-state index in [1.165, 1.54) is 6.08 Å². The molecule has 0 fully saturated rings. The molecule has 7 heteroatoms. The Kier molecular flexibility index (Phi) is 7.57. The Bertz CT molecular complexity index is 1120. The first kappa shape index (κ1) is 23.5. The Labute approximate surface area is 198 Å². The SMILES string of the molecule is C=C(C=C1CCc2c(cccc2OCC(=O)O)C1)NOC(c1ccccc1)C1OCC=CC1=O. The van der Waals surface area contributed by atoms with Crippen molar-refractivity contribution in [2.24, 2.45) is 0 Å². The fraction of sp³-hybridized carbons (Fsp3) is 0.259. The van der Waals surface area contributed by atoms with Crippen molar-refractivity contribution in [1.29, 1.82) is 0 Å². The predicted octanol–water partition coefficient (Wildman–Crippen LogP) is 3.87. The lowest BCUT2D eigenvalue weighted by Gasteiger charge is -2.27. The number of ether oxygens (including phenoxy) is 2. The molecule has 1 aliphatic heterocycles. The summed E-state index contributed by atoms with van der Waals surface area (Å²) in [5.41, 5.74) is 7.59. The molecule has 0 spiro atoms. The number of benzene rings is 2. The lowest BCUT2D eigenvalue weighted by Crippen LogP contribution is -2.36. The first-order valence-electron chi connectivity index (χ1n) is 11.1. The number of carbonyl (C=O) groups excluding carboxylic acids is 1. The Balaban J connectivity index is 1.42. The maximum atomic E-state index is 12.4. The molecule has 0 saturated carbocycles. The molecular formula is C27H27NO6. The number of fused-ring (bicyclic) bond motifs is 1. The molecule has 2 aliphatic rings. The van der Waals surface area contributed by atoms with Gasteiger partial charge in [0.1, 0.15) is 11.9 Å². The standard InChI is InChI=1S/C27H27NO6/c1-18(15-19-12-13-22-21(16-19)9-5-11-24(22)33-17-25(30)31)28-34-26(20-7-3-2-4-8-20)27-23(29)10-6-14-32-27/h2-11,15,26-28H,1,12-14,16-17H2,(H,30,31). The topological polar surface area (TPSA) is 94.1 Å². The number of aliphatic carboxylic acids is 1. The molecule has 2 N–H and O–H groups in total. The van der Waals surface area contributed by atoms with Gasteiger partial charge in [-0.3, -0.25) is 15.1 Å². The molecule has 7 nitrogen and oxygen atoms in total. The number of hydroxylamine groups is 1. The van der Waals surface area contributed by atoms with Crippen LogP contribution in [-0.4, -0.2) is 36.2 Å². The monoisotopic (exact) mass is 461 g/mol. The Morgan fingerprint density at radius 1 is 1.21 bits per heavy atom. The van der Waals surface area contributed by atoms with Crippen molar-refractivity contribution in [3.63, 3.8) is 0 Å². The number of allylic oxidation sites excluding steroid dienone is 2. The van der Waals surface area contributed by atoms with E-state index in [4.69, 9.17) is 19.4 Å². The summed E-state index contributed by atoms with van der Waals surface area (Å²) in [4.78, 5) is 29.2. The summed E-state index contributed by atoms with van der Waals surface area (Å²) in [7, 11) is 0. The minimum absolute atomic E-state index is 0.143. The number of hydrogen-bond donors (Lipinski definition) is 2. The number of carbonyl (C=O) groups is 2. The third kappa shape index (κ3) is 5.81. The van der Waals surface area contributed by atoms with Crippen LogP contribution in [0.3, 0.4) is 0 Å². The van der Waals surface area contributed by atoms with Gasteiger partial charge in [-0.25, -0.2) is 4.79 Å². The number of ketones is 1. The zero-order valence-electron chi connectivity index (χ0n) is 18.7. The average Bonchev–Trinajstić information content (AvgIpc) is 2.84. The average molecular weight is 462 g/mol. The maximum absolute atomic E-state index is 12.4. The summed E-state index contributed by atoms with van der Waals surface area (Å²) < 4.78 is 11.1. The van der Waals surface area contributed by atoms with E-state index in [0.29, 0.717) is 24.5 Å². The van der Waals surface area contributed by atoms with Crippen molar-refractivity contribution in [3.8, 4) is 5.75 Å². The highest BCUT2D eigenvalue weighted by molar-refractivity contribution is 5.94. The molecule has 2 atom stereocenters.